The summed E-state index contributed by atoms with van der Waals surface area (Å²) in [4.78, 5) is 24.6. The second kappa shape index (κ2) is 5.73. The van der Waals surface area contributed by atoms with Crippen LogP contribution in [0.2, 0.25) is 0 Å². The van der Waals surface area contributed by atoms with Gasteiger partial charge in [-0.25, -0.2) is 4.79 Å². The second-order valence-corrected chi connectivity index (χ2v) is 4.83. The summed E-state index contributed by atoms with van der Waals surface area (Å²) in [5.74, 6) is -1.29. The minimum Gasteiger partial charge on any atom is -0.481 e. The first kappa shape index (κ1) is 13.4. The number of hydrogen-bond donors (Lipinski definition) is 3. The van der Waals surface area contributed by atoms with E-state index in [1.165, 1.54) is 0 Å². The Morgan fingerprint density at radius 1 is 1.63 bits per heavy atom. The van der Waals surface area contributed by atoms with Crippen LogP contribution in [0.5, 0.6) is 0 Å². The number of carboxylic acid groups (broad SMARTS) is 1. The second-order valence-electron chi connectivity index (χ2n) is 4.83. The molecule has 2 atom stereocenters. The molecule has 1 unspecified atom stereocenters. The number of carbonyl (C=O) groups is 2. The normalized spacial score (nSPS) is 20.9. The fourth-order valence-corrected chi connectivity index (χ4v) is 2.22. The molecule has 104 valence electrons. The van der Waals surface area contributed by atoms with Gasteiger partial charge in [-0.05, 0) is 19.8 Å². The van der Waals surface area contributed by atoms with Gasteiger partial charge in [0.25, 0.3) is 0 Å². The van der Waals surface area contributed by atoms with Gasteiger partial charge in [0.1, 0.15) is 0 Å². The van der Waals surface area contributed by atoms with Crippen LogP contribution < -0.4 is 5.32 Å². The average molecular weight is 266 g/mol. The summed E-state index contributed by atoms with van der Waals surface area (Å²) in [6.45, 7) is 2.74. The van der Waals surface area contributed by atoms with E-state index < -0.39 is 11.9 Å². The number of nitrogens with one attached hydrogen (secondary N) is 2. The number of aromatic nitrogens is 2. The Kier molecular flexibility index (Phi) is 4.03. The molecule has 1 aromatic rings. The lowest BCUT2D eigenvalue weighted by molar-refractivity contribution is -0.143. The zero-order chi connectivity index (χ0) is 13.8. The van der Waals surface area contributed by atoms with Crippen LogP contribution in [0.4, 0.5) is 4.79 Å². The van der Waals surface area contributed by atoms with E-state index in [9.17, 15) is 9.59 Å². The van der Waals surface area contributed by atoms with Gasteiger partial charge in [-0.2, -0.15) is 5.10 Å². The average Bonchev–Trinajstić information content (AvgIpc) is 2.92. The Hall–Kier alpha value is -2.05. The molecule has 0 saturated carbocycles. The summed E-state index contributed by atoms with van der Waals surface area (Å²) in [5, 5.41) is 18.4. The van der Waals surface area contributed by atoms with Gasteiger partial charge in [-0.1, -0.05) is 0 Å². The highest BCUT2D eigenvalue weighted by atomic mass is 16.4. The van der Waals surface area contributed by atoms with Gasteiger partial charge in [-0.15, -0.1) is 0 Å². The standard InChI is InChI=1S/C12H18N4O3/c1-8(10-5-13-14-6-10)15-12(19)16-4-2-3-9(7-16)11(17)18/h5-6,8-9H,2-4,7H2,1H3,(H,13,14)(H,15,19)(H,17,18)/t8?,9-/m1/s1. The smallest absolute Gasteiger partial charge is 0.317 e. The lowest BCUT2D eigenvalue weighted by atomic mass is 9.99. The van der Waals surface area contributed by atoms with E-state index in [-0.39, 0.29) is 18.6 Å². The number of nitrogens with zero attached hydrogens (tertiary/aromatic N) is 2. The Labute approximate surface area is 111 Å². The molecular formula is C12H18N4O3. The van der Waals surface area contributed by atoms with Gasteiger partial charge < -0.3 is 15.3 Å². The van der Waals surface area contributed by atoms with E-state index >= 15 is 0 Å². The minimum absolute atomic E-state index is 0.156. The van der Waals surface area contributed by atoms with Crippen molar-refractivity contribution in [2.45, 2.75) is 25.8 Å². The van der Waals surface area contributed by atoms with Crippen LogP contribution in [0.3, 0.4) is 0 Å². The van der Waals surface area contributed by atoms with Crippen LogP contribution >= 0.6 is 0 Å². The Bertz CT molecular complexity index is 446. The third kappa shape index (κ3) is 3.24. The van der Waals surface area contributed by atoms with Gasteiger partial charge in [0, 0.05) is 24.8 Å². The number of aromatic amines is 1. The maximum absolute atomic E-state index is 12.1. The van der Waals surface area contributed by atoms with Crippen LogP contribution in [-0.2, 0) is 4.79 Å². The number of carbonyl (C=O) groups excluding carboxylic acids is 1. The molecule has 0 aliphatic carbocycles. The molecule has 7 heteroatoms. The zero-order valence-corrected chi connectivity index (χ0v) is 10.8. The highest BCUT2D eigenvalue weighted by Crippen LogP contribution is 2.17. The zero-order valence-electron chi connectivity index (χ0n) is 10.8. The van der Waals surface area contributed by atoms with Gasteiger partial charge in [0.2, 0.25) is 0 Å². The molecule has 7 nitrogen and oxygen atoms in total. The van der Waals surface area contributed by atoms with E-state index in [4.69, 9.17) is 5.11 Å². The number of piperidine rings is 1. The Morgan fingerprint density at radius 2 is 2.42 bits per heavy atom. The summed E-state index contributed by atoms with van der Waals surface area (Å²) in [5.41, 5.74) is 0.889. The molecule has 3 N–H and O–H groups in total. The molecule has 19 heavy (non-hydrogen) atoms. The third-order valence-electron chi connectivity index (χ3n) is 3.42. The molecule has 0 bridgehead atoms. The molecule has 1 aliphatic rings. The molecule has 1 aromatic heterocycles. The number of carboxylic acids is 1. The summed E-state index contributed by atoms with van der Waals surface area (Å²) >= 11 is 0. The number of H-pyrrole nitrogens is 1. The van der Waals surface area contributed by atoms with Crippen molar-refractivity contribution in [1.82, 2.24) is 20.4 Å². The van der Waals surface area contributed by atoms with E-state index in [0.717, 1.165) is 12.0 Å². The van der Waals surface area contributed by atoms with Crippen LogP contribution in [0, 0.1) is 5.92 Å². The van der Waals surface area contributed by atoms with Crippen molar-refractivity contribution < 1.29 is 14.7 Å². The molecule has 1 saturated heterocycles. The number of hydrogen-bond acceptors (Lipinski definition) is 3. The highest BCUT2D eigenvalue weighted by molar-refractivity contribution is 5.76. The van der Waals surface area contributed by atoms with E-state index in [0.29, 0.717) is 13.0 Å². The monoisotopic (exact) mass is 266 g/mol. The van der Waals surface area contributed by atoms with E-state index in [1.807, 2.05) is 6.92 Å². The first-order chi connectivity index (χ1) is 9.08. The molecule has 0 radical (unpaired) electrons. The van der Waals surface area contributed by atoms with Gasteiger partial charge in [0.15, 0.2) is 0 Å². The Balaban J connectivity index is 1.91. The first-order valence-corrected chi connectivity index (χ1v) is 6.35. The maximum atomic E-state index is 12.1. The lowest BCUT2D eigenvalue weighted by Crippen LogP contribution is -2.47. The molecule has 2 amide bonds. The SMILES string of the molecule is CC(NC(=O)N1CCC[C@@H](C(=O)O)C1)c1cn[nH]c1. The summed E-state index contributed by atoms with van der Waals surface area (Å²) in [7, 11) is 0. The van der Waals surface area contributed by atoms with Crippen LogP contribution in [-0.4, -0.2) is 45.3 Å². The van der Waals surface area contributed by atoms with Crippen molar-refractivity contribution in [3.8, 4) is 0 Å². The molecule has 2 rings (SSSR count). The van der Waals surface area contributed by atoms with Gasteiger partial charge >= 0.3 is 12.0 Å². The topological polar surface area (TPSA) is 98.3 Å². The molecular weight excluding hydrogens is 248 g/mol. The third-order valence-corrected chi connectivity index (χ3v) is 3.42. The van der Waals surface area contributed by atoms with Crippen molar-refractivity contribution >= 4 is 12.0 Å². The number of likely N-dealkylation sites (tertiary alicyclic amines) is 1. The quantitative estimate of drug-likeness (QED) is 0.759. The van der Waals surface area contributed by atoms with Crippen molar-refractivity contribution in [2.75, 3.05) is 13.1 Å². The fraction of sp³-hybridized carbons (Fsp3) is 0.583. The van der Waals surface area contributed by atoms with Crippen LogP contribution in [0.25, 0.3) is 0 Å². The predicted octanol–water partition coefficient (Wildman–Crippen LogP) is 0.977. The molecule has 0 aromatic carbocycles. The van der Waals surface area contributed by atoms with Crippen molar-refractivity contribution in [3.05, 3.63) is 18.0 Å². The molecule has 1 aliphatic heterocycles. The highest BCUT2D eigenvalue weighted by Gasteiger charge is 2.28. The van der Waals surface area contributed by atoms with E-state index in [2.05, 4.69) is 15.5 Å². The number of rotatable bonds is 3. The first-order valence-electron chi connectivity index (χ1n) is 6.35. The van der Waals surface area contributed by atoms with Gasteiger partial charge in [0.05, 0.1) is 18.2 Å². The summed E-state index contributed by atoms with van der Waals surface area (Å²) in [6, 6.07) is -0.379. The maximum Gasteiger partial charge on any atom is 0.317 e. The molecule has 2 heterocycles. The summed E-state index contributed by atoms with van der Waals surface area (Å²) in [6.07, 6.45) is 4.74. The largest absolute Gasteiger partial charge is 0.481 e. The van der Waals surface area contributed by atoms with Crippen LogP contribution in [0.1, 0.15) is 31.4 Å². The number of aliphatic carboxylic acids is 1. The molecule has 1 fully saturated rings. The summed E-state index contributed by atoms with van der Waals surface area (Å²) < 4.78 is 0. The van der Waals surface area contributed by atoms with Crippen molar-refractivity contribution in [3.63, 3.8) is 0 Å². The minimum atomic E-state index is -0.833. The van der Waals surface area contributed by atoms with Gasteiger partial charge in [-0.3, -0.25) is 9.89 Å². The lowest BCUT2D eigenvalue weighted by Gasteiger charge is -2.31. The fourth-order valence-electron chi connectivity index (χ4n) is 2.22. The van der Waals surface area contributed by atoms with E-state index in [1.54, 1.807) is 17.3 Å². The Morgan fingerprint density at radius 3 is 3.05 bits per heavy atom. The number of urea groups is 1. The van der Waals surface area contributed by atoms with Crippen molar-refractivity contribution in [1.29, 1.82) is 0 Å². The number of amides is 2. The predicted molar refractivity (Wildman–Crippen MR) is 67.5 cm³/mol. The van der Waals surface area contributed by atoms with Crippen molar-refractivity contribution in [2.24, 2.45) is 5.92 Å². The van der Waals surface area contributed by atoms with Crippen LogP contribution in [0.15, 0.2) is 12.4 Å². The molecule has 0 spiro atoms.